The summed E-state index contributed by atoms with van der Waals surface area (Å²) in [6.45, 7) is 3.33. The van der Waals surface area contributed by atoms with Gasteiger partial charge in [-0.1, -0.05) is 52.3 Å². The maximum Gasteiger partial charge on any atom is 0.0945 e. The molecular weight excluding hydrogens is 330 g/mol. The van der Waals surface area contributed by atoms with Crippen LogP contribution in [-0.2, 0) is 11.3 Å². The predicted octanol–water partition coefficient (Wildman–Crippen LogP) is 3.75. The van der Waals surface area contributed by atoms with Gasteiger partial charge in [-0.25, -0.2) is 0 Å². The number of hydrogen-bond donors (Lipinski definition) is 2. The monoisotopic (exact) mass is 349 g/mol. The van der Waals surface area contributed by atoms with Crippen LogP contribution in [-0.4, -0.2) is 24.4 Å². The maximum absolute atomic E-state index is 9.95. The van der Waals surface area contributed by atoms with Crippen molar-refractivity contribution in [1.29, 1.82) is 0 Å². The first-order valence-electron chi connectivity index (χ1n) is 6.95. The summed E-state index contributed by atoms with van der Waals surface area (Å²) in [6, 6.07) is 15.9. The first-order valence-corrected chi connectivity index (χ1v) is 7.75. The lowest BCUT2D eigenvalue weighted by molar-refractivity contribution is 0.0348. The minimum absolute atomic E-state index is 0.314. The number of ether oxygens (including phenoxy) is 1. The molecular formula is C17H20BrNO2. The SMILES string of the molecule is Cc1c(Br)cccc1NCC(O)COCc1ccccc1. The third-order valence-electron chi connectivity index (χ3n) is 3.22. The highest BCUT2D eigenvalue weighted by Gasteiger charge is 2.06. The summed E-state index contributed by atoms with van der Waals surface area (Å²) >= 11 is 3.49. The zero-order chi connectivity index (χ0) is 15.1. The van der Waals surface area contributed by atoms with Gasteiger partial charge in [0.2, 0.25) is 0 Å². The highest BCUT2D eigenvalue weighted by atomic mass is 79.9. The molecule has 0 aromatic heterocycles. The maximum atomic E-state index is 9.95. The molecule has 0 aliphatic carbocycles. The van der Waals surface area contributed by atoms with E-state index >= 15 is 0 Å². The summed E-state index contributed by atoms with van der Waals surface area (Å²) in [5, 5.41) is 13.2. The van der Waals surface area contributed by atoms with Crippen LogP contribution in [0.15, 0.2) is 53.0 Å². The van der Waals surface area contributed by atoms with E-state index in [4.69, 9.17) is 4.74 Å². The van der Waals surface area contributed by atoms with E-state index in [0.29, 0.717) is 19.8 Å². The van der Waals surface area contributed by atoms with Crippen LogP contribution in [0, 0.1) is 6.92 Å². The standard InChI is InChI=1S/C17H20BrNO2/c1-13-16(18)8-5-9-17(13)19-10-15(20)12-21-11-14-6-3-2-4-7-14/h2-9,15,19-20H,10-12H2,1H3. The van der Waals surface area contributed by atoms with Crippen LogP contribution in [0.2, 0.25) is 0 Å². The Labute approximate surface area is 134 Å². The van der Waals surface area contributed by atoms with E-state index in [0.717, 1.165) is 21.3 Å². The first-order chi connectivity index (χ1) is 10.2. The molecule has 0 saturated carbocycles. The molecule has 0 radical (unpaired) electrons. The van der Waals surface area contributed by atoms with Gasteiger partial charge in [0.1, 0.15) is 0 Å². The number of aliphatic hydroxyl groups excluding tert-OH is 1. The lowest BCUT2D eigenvalue weighted by atomic mass is 10.2. The number of benzene rings is 2. The third-order valence-corrected chi connectivity index (χ3v) is 4.08. The molecule has 2 rings (SSSR count). The number of aliphatic hydroxyl groups is 1. The van der Waals surface area contributed by atoms with E-state index in [2.05, 4.69) is 21.2 Å². The molecule has 1 atom stereocenters. The summed E-state index contributed by atoms with van der Waals surface area (Å²) < 4.78 is 6.58. The molecule has 0 amide bonds. The van der Waals surface area contributed by atoms with E-state index in [1.54, 1.807) is 0 Å². The van der Waals surface area contributed by atoms with Gasteiger partial charge in [0, 0.05) is 16.7 Å². The second-order valence-electron chi connectivity index (χ2n) is 4.95. The van der Waals surface area contributed by atoms with Crippen molar-refractivity contribution in [3.63, 3.8) is 0 Å². The molecule has 0 aliphatic heterocycles. The van der Waals surface area contributed by atoms with Crippen LogP contribution in [0.5, 0.6) is 0 Å². The van der Waals surface area contributed by atoms with Crippen molar-refractivity contribution in [3.8, 4) is 0 Å². The van der Waals surface area contributed by atoms with E-state index in [-0.39, 0.29) is 0 Å². The smallest absolute Gasteiger partial charge is 0.0945 e. The summed E-state index contributed by atoms with van der Waals surface area (Å²) in [5.74, 6) is 0. The third kappa shape index (κ3) is 5.16. The average molecular weight is 350 g/mol. The molecule has 0 saturated heterocycles. The number of nitrogens with one attached hydrogen (secondary N) is 1. The molecule has 2 N–H and O–H groups in total. The van der Waals surface area contributed by atoms with Crippen molar-refractivity contribution >= 4 is 21.6 Å². The van der Waals surface area contributed by atoms with Gasteiger partial charge in [-0.15, -0.1) is 0 Å². The molecule has 0 heterocycles. The average Bonchev–Trinajstić information content (AvgIpc) is 2.50. The fourth-order valence-corrected chi connectivity index (χ4v) is 2.34. The minimum atomic E-state index is -0.535. The molecule has 0 aliphatic rings. The lowest BCUT2D eigenvalue weighted by Crippen LogP contribution is -2.25. The van der Waals surface area contributed by atoms with E-state index in [1.807, 2.05) is 55.5 Å². The van der Waals surface area contributed by atoms with Crippen molar-refractivity contribution in [3.05, 3.63) is 64.1 Å². The Hall–Kier alpha value is -1.36. The second-order valence-corrected chi connectivity index (χ2v) is 5.80. The fourth-order valence-electron chi connectivity index (χ4n) is 1.97. The normalized spacial score (nSPS) is 12.1. The van der Waals surface area contributed by atoms with Crippen molar-refractivity contribution in [1.82, 2.24) is 0 Å². The molecule has 4 heteroatoms. The lowest BCUT2D eigenvalue weighted by Gasteiger charge is -2.15. The topological polar surface area (TPSA) is 41.5 Å². The summed E-state index contributed by atoms with van der Waals surface area (Å²) in [6.07, 6.45) is -0.535. The predicted molar refractivity (Wildman–Crippen MR) is 89.5 cm³/mol. The number of anilines is 1. The van der Waals surface area contributed by atoms with E-state index < -0.39 is 6.10 Å². The van der Waals surface area contributed by atoms with Crippen LogP contribution >= 0.6 is 15.9 Å². The molecule has 21 heavy (non-hydrogen) atoms. The Morgan fingerprint density at radius 3 is 2.67 bits per heavy atom. The van der Waals surface area contributed by atoms with Gasteiger partial charge >= 0.3 is 0 Å². The zero-order valence-corrected chi connectivity index (χ0v) is 13.6. The van der Waals surface area contributed by atoms with Crippen LogP contribution in [0.4, 0.5) is 5.69 Å². The van der Waals surface area contributed by atoms with Crippen LogP contribution in [0.1, 0.15) is 11.1 Å². The van der Waals surface area contributed by atoms with Gasteiger partial charge < -0.3 is 15.2 Å². The highest BCUT2D eigenvalue weighted by molar-refractivity contribution is 9.10. The molecule has 0 spiro atoms. The van der Waals surface area contributed by atoms with Gasteiger partial charge in [0.15, 0.2) is 0 Å². The van der Waals surface area contributed by atoms with Gasteiger partial charge in [-0.2, -0.15) is 0 Å². The quantitative estimate of drug-likeness (QED) is 0.799. The molecule has 0 fully saturated rings. The summed E-state index contributed by atoms with van der Waals surface area (Å²) in [5.41, 5.74) is 3.27. The number of halogens is 1. The molecule has 2 aromatic carbocycles. The number of rotatable bonds is 7. The van der Waals surface area contributed by atoms with Crippen molar-refractivity contribution in [2.45, 2.75) is 19.6 Å². The molecule has 112 valence electrons. The molecule has 2 aromatic rings. The molecule has 0 bridgehead atoms. The Balaban J connectivity index is 1.72. The molecule has 1 unspecified atom stereocenters. The Kier molecular flexibility index (Phi) is 6.23. The molecule has 3 nitrogen and oxygen atoms in total. The van der Waals surface area contributed by atoms with Gasteiger partial charge in [-0.3, -0.25) is 0 Å². The van der Waals surface area contributed by atoms with E-state index in [9.17, 15) is 5.11 Å². The van der Waals surface area contributed by atoms with Gasteiger partial charge in [-0.05, 0) is 30.2 Å². The van der Waals surface area contributed by atoms with Crippen molar-refractivity contribution in [2.75, 3.05) is 18.5 Å². The van der Waals surface area contributed by atoms with Crippen LogP contribution < -0.4 is 5.32 Å². The summed E-state index contributed by atoms with van der Waals surface area (Å²) in [7, 11) is 0. The Bertz CT molecular complexity index is 560. The Morgan fingerprint density at radius 2 is 1.90 bits per heavy atom. The largest absolute Gasteiger partial charge is 0.389 e. The Morgan fingerprint density at radius 1 is 1.14 bits per heavy atom. The van der Waals surface area contributed by atoms with Gasteiger partial charge in [0.05, 0.1) is 19.3 Å². The zero-order valence-electron chi connectivity index (χ0n) is 12.1. The van der Waals surface area contributed by atoms with E-state index in [1.165, 1.54) is 0 Å². The highest BCUT2D eigenvalue weighted by Crippen LogP contribution is 2.23. The summed E-state index contributed by atoms with van der Waals surface area (Å²) in [4.78, 5) is 0. The first kappa shape index (κ1) is 16.0. The minimum Gasteiger partial charge on any atom is -0.389 e. The fraction of sp³-hybridized carbons (Fsp3) is 0.294. The van der Waals surface area contributed by atoms with Crippen LogP contribution in [0.3, 0.4) is 0 Å². The van der Waals surface area contributed by atoms with Crippen molar-refractivity contribution in [2.24, 2.45) is 0 Å². The second kappa shape index (κ2) is 8.17. The van der Waals surface area contributed by atoms with Crippen LogP contribution in [0.25, 0.3) is 0 Å². The van der Waals surface area contributed by atoms with Gasteiger partial charge in [0.25, 0.3) is 0 Å². The van der Waals surface area contributed by atoms with Crippen molar-refractivity contribution < 1.29 is 9.84 Å². The number of hydrogen-bond acceptors (Lipinski definition) is 3.